The van der Waals surface area contributed by atoms with E-state index < -0.39 is 18.2 Å². The Labute approximate surface area is 260 Å². The second kappa shape index (κ2) is 10.5. The number of hydrogen-bond acceptors (Lipinski definition) is 11. The molecule has 0 aliphatic carbocycles. The van der Waals surface area contributed by atoms with Gasteiger partial charge in [-0.2, -0.15) is 11.8 Å². The lowest BCUT2D eigenvalue weighted by molar-refractivity contribution is -0.153. The lowest BCUT2D eigenvalue weighted by Gasteiger charge is -2.59. The van der Waals surface area contributed by atoms with Gasteiger partial charge in [0.15, 0.2) is 23.0 Å². The molecule has 7 rings (SSSR count). The van der Waals surface area contributed by atoms with Crippen LogP contribution in [0.3, 0.4) is 0 Å². The molecule has 44 heavy (non-hydrogen) atoms. The average molecular weight is 622 g/mol. The third kappa shape index (κ3) is 3.95. The molecule has 2 aromatic carbocycles. The molecule has 5 heterocycles. The maximum Gasteiger partial charge on any atom is 0.309 e. The third-order valence-corrected chi connectivity index (χ3v) is 11.4. The number of nitrogens with zero attached hydrogens (tertiary/aromatic N) is 3. The number of methoxy groups -OCH3 is 1. The number of ether oxygens (including phenoxy) is 5. The fraction of sp³-hybridized carbons (Fsp3) is 0.531. The highest BCUT2D eigenvalue weighted by molar-refractivity contribution is 7.99. The van der Waals surface area contributed by atoms with Crippen molar-refractivity contribution in [3.8, 4) is 28.7 Å². The van der Waals surface area contributed by atoms with Crippen LogP contribution in [-0.2, 0) is 20.7 Å². The number of benzene rings is 2. The standard InChI is InChI=1S/C32H35N3O8S/c1-13-8-17-9-18-31(33-5)35-19-10-40-32(38)14(2)11-44-30(24(35)23(34(18)6)20(17)25(37)26(13)39-7)22-21(19)29-28(41-12-42-29)15(3)27(22)43-16(4)36/h8,14,18-19,23-24,30-31,37H,9-12H2,1-4,6-7H3/t14?,18-,19+,23-,24?,30+,31+/m0/s1. The lowest BCUT2D eigenvalue weighted by Crippen LogP contribution is -2.68. The van der Waals surface area contributed by atoms with Crippen LogP contribution >= 0.6 is 11.8 Å². The van der Waals surface area contributed by atoms with Crippen molar-refractivity contribution in [2.75, 3.05) is 33.3 Å². The summed E-state index contributed by atoms with van der Waals surface area (Å²) in [5.41, 5.74) is 4.74. The Balaban J connectivity index is 1.56. The van der Waals surface area contributed by atoms with Gasteiger partial charge in [-0.25, -0.2) is 11.5 Å². The second-order valence-electron chi connectivity index (χ2n) is 12.3. The maximum atomic E-state index is 13.1. The summed E-state index contributed by atoms with van der Waals surface area (Å²) < 4.78 is 29.6. The molecule has 2 aromatic rings. The van der Waals surface area contributed by atoms with Crippen LogP contribution in [0.15, 0.2) is 6.07 Å². The van der Waals surface area contributed by atoms with Gasteiger partial charge >= 0.3 is 11.9 Å². The van der Waals surface area contributed by atoms with E-state index in [9.17, 15) is 14.7 Å². The molecule has 4 bridgehead atoms. The fourth-order valence-electron chi connectivity index (χ4n) is 8.02. The fourth-order valence-corrected chi connectivity index (χ4v) is 9.54. The molecule has 0 amide bonds. The molecule has 2 unspecified atom stereocenters. The van der Waals surface area contributed by atoms with Crippen LogP contribution in [0.25, 0.3) is 4.85 Å². The Hall–Kier alpha value is -3.66. The summed E-state index contributed by atoms with van der Waals surface area (Å²) in [5.74, 6) is 1.22. The van der Waals surface area contributed by atoms with Crippen LogP contribution < -0.4 is 18.9 Å². The van der Waals surface area contributed by atoms with Crippen molar-refractivity contribution in [3.63, 3.8) is 0 Å². The van der Waals surface area contributed by atoms with E-state index in [1.807, 2.05) is 27.8 Å². The molecule has 0 aromatic heterocycles. The molecule has 12 heteroatoms. The Morgan fingerprint density at radius 1 is 1.16 bits per heavy atom. The summed E-state index contributed by atoms with van der Waals surface area (Å²) >= 11 is 1.57. The van der Waals surface area contributed by atoms with E-state index in [1.54, 1.807) is 18.9 Å². The molecule has 11 nitrogen and oxygen atoms in total. The first-order valence-corrected chi connectivity index (χ1v) is 15.8. The van der Waals surface area contributed by atoms with Gasteiger partial charge in [-0.15, -0.1) is 0 Å². The zero-order valence-electron chi connectivity index (χ0n) is 25.5. The minimum absolute atomic E-state index is 0.00243. The SMILES string of the molecule is [C-]#[N+][C@H]1[C@@H]2Cc3cc(C)c(OC)c(O)c3[C@@H](C3[C@@H]4SCC(C)C(=O)OC[C@H](c5c6c(c(C)c(OC(C)=O)c54)OCO6)N31)N2C. The van der Waals surface area contributed by atoms with Gasteiger partial charge < -0.3 is 28.8 Å². The van der Waals surface area contributed by atoms with Gasteiger partial charge in [0.2, 0.25) is 6.79 Å². The number of likely N-dealkylation sites (N-methyl/N-ethyl adjacent to an activating group) is 1. The first-order valence-electron chi connectivity index (χ1n) is 14.8. The van der Waals surface area contributed by atoms with Gasteiger partial charge in [-0.05, 0) is 38.4 Å². The van der Waals surface area contributed by atoms with E-state index in [-0.39, 0.29) is 54.4 Å². The molecule has 0 spiro atoms. The van der Waals surface area contributed by atoms with Crippen molar-refractivity contribution < 1.29 is 38.4 Å². The lowest BCUT2D eigenvalue weighted by atomic mass is 9.72. The number of rotatable bonds is 2. The zero-order chi connectivity index (χ0) is 31.2. The molecule has 0 saturated carbocycles. The number of fused-ring (bicyclic) bond motifs is 9. The van der Waals surface area contributed by atoms with Crippen LogP contribution in [-0.4, -0.2) is 78.4 Å². The second-order valence-corrected chi connectivity index (χ2v) is 13.4. The average Bonchev–Trinajstić information content (AvgIpc) is 3.47. The van der Waals surface area contributed by atoms with E-state index in [2.05, 4.69) is 20.7 Å². The monoisotopic (exact) mass is 621 g/mol. The van der Waals surface area contributed by atoms with E-state index in [0.29, 0.717) is 40.7 Å². The van der Waals surface area contributed by atoms with Crippen molar-refractivity contribution in [1.82, 2.24) is 9.80 Å². The van der Waals surface area contributed by atoms with Gasteiger partial charge in [0.1, 0.15) is 18.4 Å². The number of esters is 2. The quantitative estimate of drug-likeness (QED) is 0.296. The molecule has 5 aliphatic rings. The minimum Gasteiger partial charge on any atom is -0.504 e. The van der Waals surface area contributed by atoms with Crippen molar-refractivity contribution in [2.24, 2.45) is 5.92 Å². The molecule has 7 atom stereocenters. The van der Waals surface area contributed by atoms with E-state index in [4.69, 9.17) is 30.3 Å². The summed E-state index contributed by atoms with van der Waals surface area (Å²) in [5, 5.41) is 11.4. The van der Waals surface area contributed by atoms with Crippen molar-refractivity contribution in [1.29, 1.82) is 0 Å². The van der Waals surface area contributed by atoms with Crippen molar-refractivity contribution in [3.05, 3.63) is 50.9 Å². The van der Waals surface area contributed by atoms with E-state index >= 15 is 0 Å². The first-order chi connectivity index (χ1) is 21.1. The number of carbonyl (C=O) groups is 2. The topological polar surface area (TPSA) is 111 Å². The third-order valence-electron chi connectivity index (χ3n) is 9.82. The number of aryl methyl sites for hydroxylation is 1. The van der Waals surface area contributed by atoms with Gasteiger partial charge in [0.25, 0.3) is 6.17 Å². The van der Waals surface area contributed by atoms with Gasteiger partial charge in [0.05, 0.1) is 36.4 Å². The van der Waals surface area contributed by atoms with E-state index in [1.165, 1.54) is 6.92 Å². The van der Waals surface area contributed by atoms with Crippen LogP contribution in [0.1, 0.15) is 64.6 Å². The molecule has 232 valence electrons. The molecule has 5 aliphatic heterocycles. The molecular weight excluding hydrogens is 586 g/mol. The zero-order valence-corrected chi connectivity index (χ0v) is 26.3. The van der Waals surface area contributed by atoms with Crippen LogP contribution in [0.5, 0.6) is 28.7 Å². The summed E-state index contributed by atoms with van der Waals surface area (Å²) in [6.45, 7) is 15.5. The summed E-state index contributed by atoms with van der Waals surface area (Å²) in [7, 11) is 3.56. The van der Waals surface area contributed by atoms with Crippen molar-refractivity contribution in [2.45, 2.75) is 69.7 Å². The highest BCUT2D eigenvalue weighted by Crippen LogP contribution is 2.64. The molecule has 2 fully saturated rings. The minimum atomic E-state index is -0.604. The number of thioether (sulfide) groups is 1. The molecule has 1 N–H and O–H groups in total. The Morgan fingerprint density at radius 3 is 2.61 bits per heavy atom. The highest BCUT2D eigenvalue weighted by Gasteiger charge is 2.62. The first kappa shape index (κ1) is 29.1. The van der Waals surface area contributed by atoms with Gasteiger partial charge in [0, 0.05) is 34.9 Å². The van der Waals surface area contributed by atoms with Crippen LogP contribution in [0.2, 0.25) is 0 Å². The maximum absolute atomic E-state index is 13.1. The Morgan fingerprint density at radius 2 is 1.91 bits per heavy atom. The van der Waals surface area contributed by atoms with Gasteiger partial charge in [-0.1, -0.05) is 13.0 Å². The number of aromatic hydroxyl groups is 1. The van der Waals surface area contributed by atoms with Crippen LogP contribution in [0, 0.1) is 26.3 Å². The number of cyclic esters (lactones) is 1. The predicted octanol–water partition coefficient (Wildman–Crippen LogP) is 4.22. The van der Waals surface area contributed by atoms with Crippen molar-refractivity contribution >= 4 is 23.7 Å². The summed E-state index contributed by atoms with van der Waals surface area (Å²) in [6, 6.07) is 0.525. The smallest absolute Gasteiger partial charge is 0.309 e. The number of hydrogen-bond donors (Lipinski definition) is 1. The normalized spacial score (nSPS) is 30.4. The predicted molar refractivity (Wildman–Crippen MR) is 160 cm³/mol. The molecular formula is C32H35N3O8S. The number of carbonyl (C=O) groups excluding carboxylic acids is 2. The van der Waals surface area contributed by atoms with Gasteiger partial charge in [-0.3, -0.25) is 19.3 Å². The Kier molecular flexibility index (Phi) is 6.91. The number of phenols is 1. The van der Waals surface area contributed by atoms with E-state index in [0.717, 1.165) is 27.8 Å². The summed E-state index contributed by atoms with van der Waals surface area (Å²) in [4.78, 5) is 34.3. The highest BCUT2D eigenvalue weighted by atomic mass is 32.2. The number of piperazine rings is 1. The van der Waals surface area contributed by atoms with Crippen LogP contribution in [0.4, 0.5) is 0 Å². The largest absolute Gasteiger partial charge is 0.504 e. The number of phenolic OH excluding ortho intramolecular Hbond substituents is 1. The summed E-state index contributed by atoms with van der Waals surface area (Å²) in [6.07, 6.45) is -0.0533. The Bertz CT molecular complexity index is 1640. The molecule has 0 radical (unpaired) electrons. The molecule has 2 saturated heterocycles.